The molecule has 0 unspecified atom stereocenters. The van der Waals surface area contributed by atoms with Crippen molar-refractivity contribution < 1.29 is 43.2 Å². The van der Waals surface area contributed by atoms with Crippen molar-refractivity contribution in [3.63, 3.8) is 0 Å². The maximum absolute atomic E-state index is 12.0. The van der Waals surface area contributed by atoms with E-state index in [9.17, 15) is 22.0 Å². The SMILES string of the molecule is Fc1cc(F)c(F)c(F)c1F.c1ccc([I+]c2ccccc2)cc1. The summed E-state index contributed by atoms with van der Waals surface area (Å²) in [6.07, 6.45) is 0. The first-order valence-electron chi connectivity index (χ1n) is 6.72. The first-order valence-corrected chi connectivity index (χ1v) is 8.88. The van der Waals surface area contributed by atoms with Gasteiger partial charge >= 0.3 is 21.2 Å². The molecule has 0 aliphatic heterocycles. The van der Waals surface area contributed by atoms with Crippen LogP contribution in [0.15, 0.2) is 66.7 Å². The molecule has 0 nitrogen and oxygen atoms in total. The number of hydrogen-bond acceptors (Lipinski definition) is 0. The van der Waals surface area contributed by atoms with Gasteiger partial charge in [0.25, 0.3) is 0 Å². The molecular formula is C18H11F5I+. The van der Waals surface area contributed by atoms with Crippen LogP contribution in [-0.2, 0) is 0 Å². The highest BCUT2D eigenvalue weighted by Crippen LogP contribution is 2.16. The minimum Gasteiger partial charge on any atom is -0.204 e. The zero-order valence-electron chi connectivity index (χ0n) is 12.1. The van der Waals surface area contributed by atoms with Crippen LogP contribution >= 0.6 is 0 Å². The lowest BCUT2D eigenvalue weighted by Gasteiger charge is -1.96. The Morgan fingerprint density at radius 2 is 0.875 bits per heavy atom. The molecule has 0 aliphatic carbocycles. The first kappa shape index (κ1) is 18.4. The summed E-state index contributed by atoms with van der Waals surface area (Å²) in [5, 5.41) is 0. The highest BCUT2D eigenvalue weighted by Gasteiger charge is 2.18. The van der Waals surface area contributed by atoms with Crippen LogP contribution in [0.25, 0.3) is 0 Å². The number of hydrogen-bond donors (Lipinski definition) is 0. The molecule has 3 rings (SSSR count). The second-order valence-corrected chi connectivity index (χ2v) is 7.50. The number of halogens is 6. The van der Waals surface area contributed by atoms with Gasteiger partial charge in [0.15, 0.2) is 30.4 Å². The standard InChI is InChI=1S/C12H10I.C6HF5/c1-3-7-11(8-4-1)13-12-9-5-2-6-10-12;7-2-1-3(8)5(10)6(11)4(2)9/h1-10H;1H/q+1;. The van der Waals surface area contributed by atoms with Crippen molar-refractivity contribution in [3.8, 4) is 0 Å². The molecule has 0 bridgehead atoms. The third kappa shape index (κ3) is 5.02. The molecule has 0 N–H and O–H groups in total. The molecule has 0 aliphatic rings. The quantitative estimate of drug-likeness (QED) is 0.244. The molecule has 0 atom stereocenters. The largest absolute Gasteiger partial charge is 0.357 e. The lowest BCUT2D eigenvalue weighted by molar-refractivity contribution is -0.597. The van der Waals surface area contributed by atoms with E-state index in [0.717, 1.165) is 0 Å². The molecule has 3 aromatic carbocycles. The van der Waals surface area contributed by atoms with Gasteiger partial charge in [-0.05, 0) is 24.3 Å². The van der Waals surface area contributed by atoms with Gasteiger partial charge in [-0.3, -0.25) is 0 Å². The van der Waals surface area contributed by atoms with Crippen molar-refractivity contribution in [2.24, 2.45) is 0 Å². The molecule has 0 aromatic heterocycles. The van der Waals surface area contributed by atoms with Crippen molar-refractivity contribution in [2.45, 2.75) is 0 Å². The van der Waals surface area contributed by atoms with Crippen LogP contribution in [0.4, 0.5) is 22.0 Å². The summed E-state index contributed by atoms with van der Waals surface area (Å²) in [6, 6.07) is 21.3. The Morgan fingerprint density at radius 3 is 1.25 bits per heavy atom. The van der Waals surface area contributed by atoms with Gasteiger partial charge in [-0.25, -0.2) is 22.0 Å². The molecular weight excluding hydrogens is 438 g/mol. The summed E-state index contributed by atoms with van der Waals surface area (Å²) >= 11 is 0.0287. The van der Waals surface area contributed by atoms with Gasteiger partial charge in [0.2, 0.25) is 5.82 Å². The van der Waals surface area contributed by atoms with E-state index in [4.69, 9.17) is 0 Å². The summed E-state index contributed by atoms with van der Waals surface area (Å²) in [6.45, 7) is 0. The monoisotopic (exact) mass is 449 g/mol. The molecule has 0 fully saturated rings. The normalized spacial score (nSPS) is 10.0. The molecule has 0 heterocycles. The Labute approximate surface area is 146 Å². The highest BCUT2D eigenvalue weighted by molar-refractivity contribution is 5.12. The topological polar surface area (TPSA) is 0 Å². The molecule has 24 heavy (non-hydrogen) atoms. The summed E-state index contributed by atoms with van der Waals surface area (Å²) in [7, 11) is 0. The van der Waals surface area contributed by atoms with Gasteiger partial charge < -0.3 is 0 Å². The molecule has 0 amide bonds. The summed E-state index contributed by atoms with van der Waals surface area (Å²) in [5.74, 6) is -9.65. The molecule has 0 saturated carbocycles. The van der Waals surface area contributed by atoms with E-state index < -0.39 is 29.1 Å². The minimum absolute atomic E-state index is 0.0287. The fraction of sp³-hybridized carbons (Fsp3) is 0. The van der Waals surface area contributed by atoms with E-state index in [-0.39, 0.29) is 27.3 Å². The number of rotatable bonds is 2. The van der Waals surface area contributed by atoms with Gasteiger partial charge in [-0.1, -0.05) is 36.4 Å². The molecule has 124 valence electrons. The molecule has 0 radical (unpaired) electrons. The van der Waals surface area contributed by atoms with E-state index in [1.54, 1.807) is 0 Å². The Kier molecular flexibility index (Phi) is 6.72. The van der Waals surface area contributed by atoms with Crippen molar-refractivity contribution in [1.29, 1.82) is 0 Å². The van der Waals surface area contributed by atoms with Crippen molar-refractivity contribution in [2.75, 3.05) is 0 Å². The number of benzene rings is 3. The predicted octanol–water partition coefficient (Wildman–Crippen LogP) is 2.20. The fourth-order valence-electron chi connectivity index (χ4n) is 1.63. The summed E-state index contributed by atoms with van der Waals surface area (Å²) < 4.78 is 63.0. The second kappa shape index (κ2) is 8.77. The van der Waals surface area contributed by atoms with Crippen molar-refractivity contribution in [1.82, 2.24) is 0 Å². The lowest BCUT2D eigenvalue weighted by Crippen LogP contribution is -3.61. The van der Waals surface area contributed by atoms with E-state index in [1.807, 2.05) is 0 Å². The van der Waals surface area contributed by atoms with Gasteiger partial charge in [-0.2, -0.15) is 0 Å². The summed E-state index contributed by atoms with van der Waals surface area (Å²) in [5.41, 5.74) is 0. The van der Waals surface area contributed by atoms with Crippen LogP contribution in [0.5, 0.6) is 0 Å². The predicted molar refractivity (Wildman–Crippen MR) is 76.5 cm³/mol. The Balaban J connectivity index is 0.000000177. The van der Waals surface area contributed by atoms with E-state index in [1.165, 1.54) is 7.14 Å². The van der Waals surface area contributed by atoms with E-state index in [2.05, 4.69) is 60.7 Å². The zero-order chi connectivity index (χ0) is 17.5. The van der Waals surface area contributed by atoms with Crippen molar-refractivity contribution in [3.05, 3.63) is 103 Å². The molecule has 6 heteroatoms. The van der Waals surface area contributed by atoms with Gasteiger partial charge in [0.1, 0.15) is 0 Å². The molecule has 3 aromatic rings. The summed E-state index contributed by atoms with van der Waals surface area (Å²) in [4.78, 5) is 0. The second-order valence-electron chi connectivity index (χ2n) is 4.47. The molecule has 0 spiro atoms. The maximum Gasteiger partial charge on any atom is 0.357 e. The zero-order valence-corrected chi connectivity index (χ0v) is 14.3. The van der Waals surface area contributed by atoms with Crippen LogP contribution in [0, 0.1) is 36.2 Å². The Morgan fingerprint density at radius 1 is 0.500 bits per heavy atom. The fourth-order valence-corrected chi connectivity index (χ4v) is 3.89. The Hall–Kier alpha value is -1.96. The van der Waals surface area contributed by atoms with Crippen LogP contribution in [-0.4, -0.2) is 0 Å². The molecule has 0 saturated heterocycles. The van der Waals surface area contributed by atoms with E-state index in [0.29, 0.717) is 0 Å². The first-order chi connectivity index (χ1) is 11.5. The maximum atomic E-state index is 12.0. The highest BCUT2D eigenvalue weighted by atomic mass is 127. The smallest absolute Gasteiger partial charge is 0.204 e. The average Bonchev–Trinajstić information content (AvgIpc) is 2.61. The lowest BCUT2D eigenvalue weighted by atomic mass is 10.3. The van der Waals surface area contributed by atoms with Crippen LogP contribution in [0.1, 0.15) is 0 Å². The average molecular weight is 449 g/mol. The van der Waals surface area contributed by atoms with Gasteiger partial charge in [-0.15, -0.1) is 0 Å². The van der Waals surface area contributed by atoms with Crippen LogP contribution in [0.2, 0.25) is 0 Å². The van der Waals surface area contributed by atoms with Crippen LogP contribution < -0.4 is 21.2 Å². The van der Waals surface area contributed by atoms with E-state index >= 15 is 0 Å². The van der Waals surface area contributed by atoms with Gasteiger partial charge in [0.05, 0.1) is 0 Å². The van der Waals surface area contributed by atoms with Crippen LogP contribution in [0.3, 0.4) is 0 Å². The Bertz CT molecular complexity index is 728. The van der Waals surface area contributed by atoms with Crippen molar-refractivity contribution >= 4 is 0 Å². The van der Waals surface area contributed by atoms with Gasteiger partial charge in [0, 0.05) is 6.07 Å². The third-order valence-corrected chi connectivity index (χ3v) is 5.43. The third-order valence-electron chi connectivity index (χ3n) is 2.74. The minimum atomic E-state index is -2.14.